The highest BCUT2D eigenvalue weighted by Gasteiger charge is 2.20. The lowest BCUT2D eigenvalue weighted by molar-refractivity contribution is -0.384. The predicted molar refractivity (Wildman–Crippen MR) is 71.7 cm³/mol. The highest BCUT2D eigenvalue weighted by molar-refractivity contribution is 7.98. The summed E-state index contributed by atoms with van der Waals surface area (Å²) in [6.45, 7) is 3.77. The van der Waals surface area contributed by atoms with Crippen LogP contribution in [0.15, 0.2) is 12.3 Å². The number of aromatic nitrogens is 1. The summed E-state index contributed by atoms with van der Waals surface area (Å²) in [4.78, 5) is 14.7. The summed E-state index contributed by atoms with van der Waals surface area (Å²) < 4.78 is 0. The zero-order chi connectivity index (χ0) is 12.8. The van der Waals surface area contributed by atoms with Crippen LogP contribution in [0.3, 0.4) is 0 Å². The van der Waals surface area contributed by atoms with Gasteiger partial charge in [-0.2, -0.15) is 11.8 Å². The number of nitro groups is 1. The molecular weight excluding hydrogens is 238 g/mol. The zero-order valence-corrected chi connectivity index (χ0v) is 11.1. The summed E-state index contributed by atoms with van der Waals surface area (Å²) in [5, 5.41) is 14.1. The van der Waals surface area contributed by atoms with E-state index >= 15 is 0 Å². The second-order valence-electron chi connectivity index (χ2n) is 3.79. The monoisotopic (exact) mass is 255 g/mol. The van der Waals surface area contributed by atoms with Crippen molar-refractivity contribution < 1.29 is 4.92 Å². The Morgan fingerprint density at radius 3 is 2.88 bits per heavy atom. The number of pyridine rings is 1. The smallest absolute Gasteiger partial charge is 0.314 e. The SMILES string of the molecule is CCC(CSC)Nc1nccc(C)c1[N+](=O)[O-]. The van der Waals surface area contributed by atoms with E-state index in [9.17, 15) is 10.1 Å². The molecule has 1 atom stereocenters. The number of nitrogens with zero attached hydrogens (tertiary/aromatic N) is 2. The van der Waals surface area contributed by atoms with Gasteiger partial charge in [0.1, 0.15) is 0 Å². The molecule has 1 unspecified atom stereocenters. The van der Waals surface area contributed by atoms with Crippen molar-refractivity contribution in [2.24, 2.45) is 0 Å². The fourth-order valence-corrected chi connectivity index (χ4v) is 2.26. The van der Waals surface area contributed by atoms with Crippen molar-refractivity contribution in [3.05, 3.63) is 27.9 Å². The number of nitrogens with one attached hydrogen (secondary N) is 1. The lowest BCUT2D eigenvalue weighted by atomic mass is 10.2. The molecule has 5 nitrogen and oxygen atoms in total. The molecule has 0 fully saturated rings. The van der Waals surface area contributed by atoms with Gasteiger partial charge in [-0.1, -0.05) is 6.92 Å². The van der Waals surface area contributed by atoms with Crippen LogP contribution < -0.4 is 5.32 Å². The Hall–Kier alpha value is -1.30. The van der Waals surface area contributed by atoms with Gasteiger partial charge in [-0.3, -0.25) is 10.1 Å². The Kier molecular flexibility index (Phi) is 5.21. The topological polar surface area (TPSA) is 68.1 Å². The fourth-order valence-electron chi connectivity index (χ4n) is 1.54. The van der Waals surface area contributed by atoms with Crippen LogP contribution in [0.2, 0.25) is 0 Å². The second-order valence-corrected chi connectivity index (χ2v) is 4.70. The first-order valence-electron chi connectivity index (χ1n) is 5.45. The van der Waals surface area contributed by atoms with Crippen LogP contribution >= 0.6 is 11.8 Å². The minimum atomic E-state index is -0.378. The molecule has 0 aromatic carbocycles. The molecule has 0 saturated carbocycles. The third kappa shape index (κ3) is 3.59. The number of rotatable bonds is 6. The van der Waals surface area contributed by atoms with E-state index < -0.39 is 0 Å². The maximum absolute atomic E-state index is 11.0. The molecule has 1 aromatic rings. The minimum Gasteiger partial charge on any atom is -0.361 e. The van der Waals surface area contributed by atoms with Gasteiger partial charge in [-0.25, -0.2) is 4.98 Å². The van der Waals surface area contributed by atoms with Crippen molar-refractivity contribution in [2.45, 2.75) is 26.3 Å². The summed E-state index contributed by atoms with van der Waals surface area (Å²) in [5.74, 6) is 1.28. The first-order chi connectivity index (χ1) is 8.10. The van der Waals surface area contributed by atoms with Crippen LogP contribution in [-0.2, 0) is 0 Å². The van der Waals surface area contributed by atoms with Gasteiger partial charge in [0.2, 0.25) is 5.82 Å². The molecule has 94 valence electrons. The van der Waals surface area contributed by atoms with Crippen LogP contribution in [0.5, 0.6) is 0 Å². The van der Waals surface area contributed by atoms with Crippen LogP contribution in [0, 0.1) is 17.0 Å². The number of anilines is 1. The molecule has 0 aliphatic heterocycles. The zero-order valence-electron chi connectivity index (χ0n) is 10.3. The van der Waals surface area contributed by atoms with E-state index in [0.717, 1.165) is 12.2 Å². The molecule has 1 rings (SSSR count). The van der Waals surface area contributed by atoms with Crippen molar-refractivity contribution in [1.29, 1.82) is 0 Å². The highest BCUT2D eigenvalue weighted by Crippen LogP contribution is 2.26. The van der Waals surface area contributed by atoms with Gasteiger partial charge >= 0.3 is 5.69 Å². The first-order valence-corrected chi connectivity index (χ1v) is 6.85. The summed E-state index contributed by atoms with van der Waals surface area (Å²) in [6, 6.07) is 1.86. The van der Waals surface area contributed by atoms with Crippen LogP contribution in [0.25, 0.3) is 0 Å². The maximum Gasteiger partial charge on any atom is 0.314 e. The van der Waals surface area contributed by atoms with Crippen molar-refractivity contribution in [3.63, 3.8) is 0 Å². The van der Waals surface area contributed by atoms with E-state index in [2.05, 4.69) is 17.2 Å². The second kappa shape index (κ2) is 6.44. The van der Waals surface area contributed by atoms with E-state index in [0.29, 0.717) is 11.4 Å². The molecule has 0 amide bonds. The van der Waals surface area contributed by atoms with Crippen LogP contribution in [-0.4, -0.2) is 28.0 Å². The Morgan fingerprint density at radius 2 is 2.35 bits per heavy atom. The number of aryl methyl sites for hydroxylation is 1. The summed E-state index contributed by atoms with van der Waals surface area (Å²) in [5.41, 5.74) is 0.707. The summed E-state index contributed by atoms with van der Waals surface area (Å²) in [7, 11) is 0. The van der Waals surface area contributed by atoms with Crippen LogP contribution in [0.4, 0.5) is 11.5 Å². The molecule has 6 heteroatoms. The standard InChI is InChI=1S/C11H17N3O2S/c1-4-9(7-17-3)13-11-10(14(15)16)8(2)5-6-12-11/h5-6,9H,4,7H2,1-3H3,(H,12,13). The fraction of sp³-hybridized carbons (Fsp3) is 0.545. The first kappa shape index (κ1) is 13.8. The number of hydrogen-bond acceptors (Lipinski definition) is 5. The lowest BCUT2D eigenvalue weighted by Crippen LogP contribution is -2.22. The predicted octanol–water partition coefficient (Wildman–Crippen LogP) is 2.85. The van der Waals surface area contributed by atoms with Crippen molar-refractivity contribution in [1.82, 2.24) is 4.98 Å². The quantitative estimate of drug-likeness (QED) is 0.625. The molecule has 0 bridgehead atoms. The molecule has 1 aromatic heterocycles. The molecule has 0 saturated heterocycles. The molecule has 17 heavy (non-hydrogen) atoms. The third-order valence-corrected chi connectivity index (χ3v) is 3.25. The van der Waals surface area contributed by atoms with Gasteiger partial charge in [0.25, 0.3) is 0 Å². The van der Waals surface area contributed by atoms with Crippen molar-refractivity contribution in [3.8, 4) is 0 Å². The molecule has 1 N–H and O–H groups in total. The largest absolute Gasteiger partial charge is 0.361 e. The summed E-state index contributed by atoms with van der Waals surface area (Å²) in [6.07, 6.45) is 4.52. The van der Waals surface area contributed by atoms with Crippen molar-refractivity contribution in [2.75, 3.05) is 17.3 Å². The van der Waals surface area contributed by atoms with Crippen LogP contribution in [0.1, 0.15) is 18.9 Å². The molecular formula is C11H17N3O2S. The molecule has 0 aliphatic rings. The Balaban J connectivity index is 2.97. The molecule has 0 aliphatic carbocycles. The van der Waals surface area contributed by atoms with Gasteiger partial charge < -0.3 is 5.32 Å². The van der Waals surface area contributed by atoms with Gasteiger partial charge in [0.05, 0.1) is 4.92 Å². The highest BCUT2D eigenvalue weighted by atomic mass is 32.2. The van der Waals surface area contributed by atoms with Gasteiger partial charge in [-0.15, -0.1) is 0 Å². The minimum absolute atomic E-state index is 0.0760. The van der Waals surface area contributed by atoms with E-state index in [4.69, 9.17) is 0 Å². The average molecular weight is 255 g/mol. The average Bonchev–Trinajstić information content (AvgIpc) is 2.28. The van der Waals surface area contributed by atoms with E-state index in [1.54, 1.807) is 30.9 Å². The maximum atomic E-state index is 11.0. The van der Waals surface area contributed by atoms with Gasteiger partial charge in [-0.05, 0) is 25.7 Å². The molecule has 0 spiro atoms. The Bertz CT molecular complexity index is 398. The Labute approximate surface area is 105 Å². The molecule has 1 heterocycles. The normalized spacial score (nSPS) is 12.2. The van der Waals surface area contributed by atoms with E-state index in [1.807, 2.05) is 6.26 Å². The number of thioether (sulfide) groups is 1. The summed E-state index contributed by atoms with van der Waals surface area (Å²) >= 11 is 1.71. The lowest BCUT2D eigenvalue weighted by Gasteiger charge is -2.16. The number of hydrogen-bond donors (Lipinski definition) is 1. The molecule has 0 radical (unpaired) electrons. The van der Waals surface area contributed by atoms with E-state index in [1.165, 1.54) is 0 Å². The van der Waals surface area contributed by atoms with E-state index in [-0.39, 0.29) is 16.7 Å². The van der Waals surface area contributed by atoms with Gasteiger partial charge in [0, 0.05) is 23.6 Å². The third-order valence-electron chi connectivity index (χ3n) is 2.51. The Morgan fingerprint density at radius 1 is 1.65 bits per heavy atom. The van der Waals surface area contributed by atoms with Crippen molar-refractivity contribution >= 4 is 23.3 Å². The van der Waals surface area contributed by atoms with Gasteiger partial charge in [0.15, 0.2) is 0 Å².